The monoisotopic (exact) mass is 414 g/mol. The van der Waals surface area contributed by atoms with Gasteiger partial charge in [0, 0.05) is 52.4 Å². The number of hydrogen-bond donors (Lipinski definition) is 2. The molecule has 28 heavy (non-hydrogen) atoms. The third kappa shape index (κ3) is 6.00. The summed E-state index contributed by atoms with van der Waals surface area (Å²) in [6.45, 7) is 4.15. The van der Waals surface area contributed by atoms with E-state index >= 15 is 0 Å². The minimum Gasteiger partial charge on any atom is -0.379 e. The fraction of sp³-hybridized carbons (Fsp3) is 0.875. The molecule has 0 aliphatic carbocycles. The smallest absolute Gasteiger partial charge is 0.379 e. The summed E-state index contributed by atoms with van der Waals surface area (Å²) in [6.07, 6.45) is 0. The molecular formula is C16H26F4N4O4. The molecule has 2 N–H and O–H groups in total. The van der Waals surface area contributed by atoms with Crippen LogP contribution in [0.1, 0.15) is 0 Å². The van der Waals surface area contributed by atoms with Gasteiger partial charge in [-0.3, -0.25) is 19.4 Å². The van der Waals surface area contributed by atoms with E-state index in [-0.39, 0.29) is 26.2 Å². The largest absolute Gasteiger partial charge is 0.395 e. The molecular weight excluding hydrogens is 388 g/mol. The van der Waals surface area contributed by atoms with Crippen LogP contribution in [0.15, 0.2) is 0 Å². The van der Waals surface area contributed by atoms with Gasteiger partial charge in [-0.15, -0.1) is 0 Å². The zero-order valence-electron chi connectivity index (χ0n) is 15.5. The zero-order valence-corrected chi connectivity index (χ0v) is 15.5. The second-order valence-electron chi connectivity index (χ2n) is 6.57. The van der Waals surface area contributed by atoms with Crippen LogP contribution in [-0.2, 0) is 19.1 Å². The summed E-state index contributed by atoms with van der Waals surface area (Å²) in [4.78, 5) is 26.9. The Morgan fingerprint density at radius 3 is 1.36 bits per heavy atom. The first-order valence-corrected chi connectivity index (χ1v) is 9.17. The Hall–Kier alpha value is -1.50. The predicted octanol–water partition coefficient (Wildman–Crippen LogP) is -0.846. The Morgan fingerprint density at radius 1 is 0.714 bits per heavy atom. The van der Waals surface area contributed by atoms with Gasteiger partial charge < -0.3 is 20.1 Å². The highest BCUT2D eigenvalue weighted by molar-refractivity contribution is 5.95. The van der Waals surface area contributed by atoms with E-state index in [1.54, 1.807) is 10.6 Å². The number of carbonyl (C=O) groups excluding carboxylic acids is 2. The highest BCUT2D eigenvalue weighted by Crippen LogP contribution is 2.34. The van der Waals surface area contributed by atoms with E-state index in [4.69, 9.17) is 9.47 Å². The summed E-state index contributed by atoms with van der Waals surface area (Å²) in [5.74, 6) is -14.6. The number of hydrogen-bond acceptors (Lipinski definition) is 6. The van der Waals surface area contributed by atoms with Crippen molar-refractivity contribution in [3.05, 3.63) is 0 Å². The van der Waals surface area contributed by atoms with E-state index in [2.05, 4.69) is 0 Å². The number of rotatable bonds is 9. The second kappa shape index (κ2) is 10.3. The molecule has 0 atom stereocenters. The SMILES string of the molecule is O=C(NCCN1CCOCC1)C(F)(F)C(F)(F)C(=O)NCCN1CCOCC1. The van der Waals surface area contributed by atoms with Crippen molar-refractivity contribution in [2.45, 2.75) is 11.8 Å². The minimum atomic E-state index is -5.15. The number of nitrogens with one attached hydrogen (secondary N) is 2. The molecule has 0 unspecified atom stereocenters. The Labute approximate surface area is 160 Å². The Kier molecular flexibility index (Phi) is 8.40. The summed E-state index contributed by atoms with van der Waals surface area (Å²) in [5, 5.41) is 3.57. The van der Waals surface area contributed by atoms with Crippen molar-refractivity contribution in [1.29, 1.82) is 0 Å². The summed E-state index contributed by atoms with van der Waals surface area (Å²) in [5.41, 5.74) is 0. The minimum absolute atomic E-state index is 0.225. The van der Waals surface area contributed by atoms with Crippen LogP contribution >= 0.6 is 0 Å². The van der Waals surface area contributed by atoms with Crippen molar-refractivity contribution in [1.82, 2.24) is 20.4 Å². The normalized spacial score (nSPS) is 20.0. The van der Waals surface area contributed by atoms with Crippen LogP contribution in [-0.4, -0.2) is 112 Å². The van der Waals surface area contributed by atoms with E-state index < -0.39 is 23.7 Å². The third-order valence-electron chi connectivity index (χ3n) is 4.60. The second-order valence-corrected chi connectivity index (χ2v) is 6.57. The lowest BCUT2D eigenvalue weighted by Crippen LogP contribution is -2.60. The average molecular weight is 414 g/mol. The maximum atomic E-state index is 13.9. The van der Waals surface area contributed by atoms with Crippen LogP contribution in [0.25, 0.3) is 0 Å². The average Bonchev–Trinajstić information content (AvgIpc) is 2.69. The topological polar surface area (TPSA) is 83.1 Å². The number of ether oxygens (including phenoxy) is 2. The predicted molar refractivity (Wildman–Crippen MR) is 90.4 cm³/mol. The molecule has 12 heteroatoms. The molecule has 0 radical (unpaired) electrons. The summed E-state index contributed by atoms with van der Waals surface area (Å²) >= 11 is 0. The van der Waals surface area contributed by atoms with E-state index in [1.807, 2.05) is 9.80 Å². The van der Waals surface area contributed by atoms with Crippen LogP contribution in [0, 0.1) is 0 Å². The van der Waals surface area contributed by atoms with Gasteiger partial charge in [-0.1, -0.05) is 0 Å². The highest BCUT2D eigenvalue weighted by Gasteiger charge is 2.66. The Balaban J connectivity index is 1.76. The first kappa shape index (κ1) is 22.8. The van der Waals surface area contributed by atoms with Gasteiger partial charge in [0.05, 0.1) is 26.4 Å². The molecule has 2 saturated heterocycles. The van der Waals surface area contributed by atoms with E-state index in [1.165, 1.54) is 0 Å². The molecule has 2 fully saturated rings. The van der Waals surface area contributed by atoms with Crippen molar-refractivity contribution in [3.63, 3.8) is 0 Å². The molecule has 162 valence electrons. The van der Waals surface area contributed by atoms with Gasteiger partial charge in [0.1, 0.15) is 0 Å². The van der Waals surface area contributed by atoms with E-state index in [9.17, 15) is 27.2 Å². The van der Waals surface area contributed by atoms with Crippen molar-refractivity contribution >= 4 is 11.8 Å². The van der Waals surface area contributed by atoms with Crippen LogP contribution < -0.4 is 10.6 Å². The number of halogens is 4. The van der Waals surface area contributed by atoms with Gasteiger partial charge >= 0.3 is 11.8 Å². The fourth-order valence-corrected chi connectivity index (χ4v) is 2.81. The van der Waals surface area contributed by atoms with Crippen LogP contribution in [0.2, 0.25) is 0 Å². The fourth-order valence-electron chi connectivity index (χ4n) is 2.81. The van der Waals surface area contributed by atoms with Crippen molar-refractivity contribution in [2.75, 3.05) is 78.8 Å². The number of carbonyl (C=O) groups is 2. The maximum Gasteiger partial charge on any atom is 0.395 e. The lowest BCUT2D eigenvalue weighted by molar-refractivity contribution is -0.211. The van der Waals surface area contributed by atoms with Gasteiger partial charge in [-0.05, 0) is 0 Å². The third-order valence-corrected chi connectivity index (χ3v) is 4.60. The molecule has 0 aromatic carbocycles. The Bertz CT molecular complexity index is 481. The van der Waals surface area contributed by atoms with Crippen LogP contribution in [0.5, 0.6) is 0 Å². The first-order chi connectivity index (χ1) is 13.2. The van der Waals surface area contributed by atoms with Gasteiger partial charge in [-0.25, -0.2) is 0 Å². The molecule has 0 saturated carbocycles. The van der Waals surface area contributed by atoms with E-state index in [0.717, 1.165) is 0 Å². The lowest BCUT2D eigenvalue weighted by Gasteiger charge is -2.28. The standard InChI is InChI=1S/C16H26F4N4O4/c17-15(18,13(25)21-1-3-23-5-9-27-10-6-23)16(19,20)14(26)22-2-4-24-7-11-28-12-8-24/h1-12H2,(H,21,25)(H,22,26). The number of morpholine rings is 2. The van der Waals surface area contributed by atoms with Gasteiger partial charge in [0.2, 0.25) is 0 Å². The number of alkyl halides is 4. The summed E-state index contributed by atoms with van der Waals surface area (Å²) < 4.78 is 65.9. The quantitative estimate of drug-likeness (QED) is 0.479. The molecule has 0 aromatic heterocycles. The molecule has 0 bridgehead atoms. The van der Waals surface area contributed by atoms with Gasteiger partial charge in [0.15, 0.2) is 0 Å². The van der Waals surface area contributed by atoms with Gasteiger partial charge in [0.25, 0.3) is 11.8 Å². The van der Waals surface area contributed by atoms with Crippen LogP contribution in [0.4, 0.5) is 17.6 Å². The number of nitrogens with zero attached hydrogens (tertiary/aromatic N) is 2. The molecule has 2 rings (SSSR count). The zero-order chi connectivity index (χ0) is 20.6. The van der Waals surface area contributed by atoms with Crippen molar-refractivity contribution in [3.8, 4) is 0 Å². The van der Waals surface area contributed by atoms with Crippen LogP contribution in [0.3, 0.4) is 0 Å². The summed E-state index contributed by atoms with van der Waals surface area (Å²) in [7, 11) is 0. The number of amides is 2. The lowest BCUT2D eigenvalue weighted by atomic mass is 10.1. The van der Waals surface area contributed by atoms with Gasteiger partial charge in [-0.2, -0.15) is 17.6 Å². The maximum absolute atomic E-state index is 13.9. The molecule has 0 aromatic rings. The summed E-state index contributed by atoms with van der Waals surface area (Å²) in [6, 6.07) is 0. The van der Waals surface area contributed by atoms with Crippen molar-refractivity contribution in [2.24, 2.45) is 0 Å². The molecule has 2 aliphatic rings. The Morgan fingerprint density at radius 2 is 1.04 bits per heavy atom. The molecule has 8 nitrogen and oxygen atoms in total. The molecule has 2 heterocycles. The molecule has 2 aliphatic heterocycles. The van der Waals surface area contributed by atoms with Crippen molar-refractivity contribution < 1.29 is 36.6 Å². The molecule has 0 spiro atoms. The first-order valence-electron chi connectivity index (χ1n) is 9.17. The highest BCUT2D eigenvalue weighted by atomic mass is 19.3. The molecule has 2 amide bonds. The van der Waals surface area contributed by atoms with E-state index in [0.29, 0.717) is 52.6 Å².